The van der Waals surface area contributed by atoms with E-state index in [4.69, 9.17) is 9.47 Å². The maximum absolute atomic E-state index is 11.7. The summed E-state index contributed by atoms with van der Waals surface area (Å²) >= 11 is 0. The van der Waals surface area contributed by atoms with Crippen LogP contribution in [-0.4, -0.2) is 39.3 Å². The summed E-state index contributed by atoms with van der Waals surface area (Å²) in [5.74, 6) is 1.54. The third-order valence-corrected chi connectivity index (χ3v) is 3.11. The van der Waals surface area contributed by atoms with Gasteiger partial charge in [0.15, 0.2) is 0 Å². The van der Waals surface area contributed by atoms with E-state index in [0.29, 0.717) is 19.8 Å². The number of hydrogen-bond donors (Lipinski definition) is 2. The molecule has 0 spiro atoms. The Balaban J connectivity index is 1.67. The lowest BCUT2D eigenvalue weighted by atomic mass is 10.3. The molecule has 0 heterocycles. The summed E-state index contributed by atoms with van der Waals surface area (Å²) in [5.41, 5.74) is 0.780. The molecule has 1 aromatic rings. The average molecular weight is 278 g/mol. The van der Waals surface area contributed by atoms with Crippen LogP contribution in [0.15, 0.2) is 24.3 Å². The molecule has 0 aromatic heterocycles. The van der Waals surface area contributed by atoms with E-state index in [2.05, 4.69) is 10.6 Å². The minimum absolute atomic E-state index is 0.0151. The van der Waals surface area contributed by atoms with E-state index in [1.54, 1.807) is 7.11 Å². The topological polar surface area (TPSA) is 59.6 Å². The summed E-state index contributed by atoms with van der Waals surface area (Å²) < 4.78 is 10.4. The fraction of sp³-hybridized carbons (Fsp3) is 0.533. The van der Waals surface area contributed by atoms with Crippen molar-refractivity contribution in [2.75, 3.05) is 38.7 Å². The first kappa shape index (κ1) is 14.8. The summed E-state index contributed by atoms with van der Waals surface area (Å²) in [7, 11) is 1.64. The zero-order chi connectivity index (χ0) is 14.2. The quantitative estimate of drug-likeness (QED) is 0.674. The Bertz CT molecular complexity index is 416. The summed E-state index contributed by atoms with van der Waals surface area (Å²) in [6.07, 6.45) is 2.58. The largest absolute Gasteiger partial charge is 0.491 e. The van der Waals surface area contributed by atoms with Gasteiger partial charge in [-0.15, -0.1) is 0 Å². The summed E-state index contributed by atoms with van der Waals surface area (Å²) in [4.78, 5) is 11.7. The Morgan fingerprint density at radius 1 is 1.25 bits per heavy atom. The van der Waals surface area contributed by atoms with Crippen LogP contribution < -0.4 is 15.4 Å². The van der Waals surface area contributed by atoms with Crippen molar-refractivity contribution in [3.63, 3.8) is 0 Å². The van der Waals surface area contributed by atoms with Crippen LogP contribution in [0.25, 0.3) is 0 Å². The van der Waals surface area contributed by atoms with Crippen LogP contribution in [0.1, 0.15) is 12.8 Å². The van der Waals surface area contributed by atoms with Crippen LogP contribution in [0, 0.1) is 5.92 Å². The number of hydrogen-bond acceptors (Lipinski definition) is 4. The molecular formula is C15H22N2O3. The monoisotopic (exact) mass is 278 g/mol. The molecule has 1 aliphatic rings. The SMILES string of the molecule is COCCOc1ccc(NC(=O)CNCC2CC2)cc1. The molecule has 2 N–H and O–H groups in total. The normalized spacial score (nSPS) is 14.1. The van der Waals surface area contributed by atoms with E-state index in [1.807, 2.05) is 24.3 Å². The van der Waals surface area contributed by atoms with Gasteiger partial charge in [0.25, 0.3) is 0 Å². The van der Waals surface area contributed by atoms with Gasteiger partial charge in [-0.25, -0.2) is 0 Å². The average Bonchev–Trinajstić information content (AvgIpc) is 3.25. The number of anilines is 1. The molecule has 110 valence electrons. The van der Waals surface area contributed by atoms with Crippen LogP contribution >= 0.6 is 0 Å². The van der Waals surface area contributed by atoms with Crippen molar-refractivity contribution in [3.8, 4) is 5.75 Å². The lowest BCUT2D eigenvalue weighted by Crippen LogP contribution is -2.29. The molecule has 0 atom stereocenters. The Kier molecular flexibility index (Phi) is 5.83. The van der Waals surface area contributed by atoms with Crippen molar-refractivity contribution in [1.82, 2.24) is 5.32 Å². The first-order valence-corrected chi connectivity index (χ1v) is 7.00. The van der Waals surface area contributed by atoms with E-state index in [-0.39, 0.29) is 5.91 Å². The van der Waals surface area contributed by atoms with Crippen molar-refractivity contribution in [1.29, 1.82) is 0 Å². The van der Waals surface area contributed by atoms with Gasteiger partial charge in [0.05, 0.1) is 13.2 Å². The van der Waals surface area contributed by atoms with E-state index in [1.165, 1.54) is 12.8 Å². The number of ether oxygens (including phenoxy) is 2. The second-order valence-corrected chi connectivity index (χ2v) is 4.99. The molecule has 1 saturated carbocycles. The first-order chi connectivity index (χ1) is 9.78. The van der Waals surface area contributed by atoms with Crippen LogP contribution in [0.5, 0.6) is 5.75 Å². The van der Waals surface area contributed by atoms with E-state index in [9.17, 15) is 4.79 Å². The number of benzene rings is 1. The number of carbonyl (C=O) groups excluding carboxylic acids is 1. The predicted molar refractivity (Wildman–Crippen MR) is 78.0 cm³/mol. The van der Waals surface area contributed by atoms with Crippen molar-refractivity contribution in [3.05, 3.63) is 24.3 Å². The number of carbonyl (C=O) groups is 1. The molecule has 1 amide bonds. The van der Waals surface area contributed by atoms with Gasteiger partial charge in [-0.05, 0) is 49.6 Å². The standard InChI is InChI=1S/C15H22N2O3/c1-19-8-9-20-14-6-4-13(5-7-14)17-15(18)11-16-10-12-2-3-12/h4-7,12,16H,2-3,8-11H2,1H3,(H,17,18). The van der Waals surface area contributed by atoms with Crippen LogP contribution in [0.4, 0.5) is 5.69 Å². The lowest BCUT2D eigenvalue weighted by molar-refractivity contribution is -0.115. The van der Waals surface area contributed by atoms with Crippen LogP contribution in [0.3, 0.4) is 0 Å². The molecule has 5 heteroatoms. The van der Waals surface area contributed by atoms with Crippen molar-refractivity contribution in [2.24, 2.45) is 5.92 Å². The fourth-order valence-electron chi connectivity index (χ4n) is 1.79. The van der Waals surface area contributed by atoms with Gasteiger partial charge < -0.3 is 20.1 Å². The van der Waals surface area contributed by atoms with Gasteiger partial charge in [-0.3, -0.25) is 4.79 Å². The Labute approximate surface area is 119 Å². The molecule has 0 radical (unpaired) electrons. The first-order valence-electron chi connectivity index (χ1n) is 7.00. The van der Waals surface area contributed by atoms with Crippen molar-refractivity contribution >= 4 is 11.6 Å². The number of methoxy groups -OCH3 is 1. The zero-order valence-corrected chi connectivity index (χ0v) is 11.9. The number of rotatable bonds is 9. The maximum Gasteiger partial charge on any atom is 0.238 e. The molecule has 0 saturated heterocycles. The molecule has 1 aromatic carbocycles. The zero-order valence-electron chi connectivity index (χ0n) is 11.9. The highest BCUT2D eigenvalue weighted by Gasteiger charge is 2.20. The van der Waals surface area contributed by atoms with Gasteiger partial charge >= 0.3 is 0 Å². The Hall–Kier alpha value is -1.59. The molecule has 0 unspecified atom stereocenters. The van der Waals surface area contributed by atoms with Crippen LogP contribution in [0.2, 0.25) is 0 Å². The van der Waals surface area contributed by atoms with E-state index < -0.39 is 0 Å². The van der Waals surface area contributed by atoms with Crippen molar-refractivity contribution < 1.29 is 14.3 Å². The van der Waals surface area contributed by atoms with Gasteiger partial charge in [-0.1, -0.05) is 0 Å². The van der Waals surface area contributed by atoms with E-state index >= 15 is 0 Å². The second-order valence-electron chi connectivity index (χ2n) is 4.99. The van der Waals surface area contributed by atoms with Gasteiger partial charge in [0.2, 0.25) is 5.91 Å². The second kappa shape index (κ2) is 7.87. The molecule has 5 nitrogen and oxygen atoms in total. The molecule has 1 fully saturated rings. The molecule has 20 heavy (non-hydrogen) atoms. The van der Waals surface area contributed by atoms with Gasteiger partial charge in [0.1, 0.15) is 12.4 Å². The lowest BCUT2D eigenvalue weighted by Gasteiger charge is -2.08. The highest BCUT2D eigenvalue weighted by molar-refractivity contribution is 5.92. The minimum atomic E-state index is -0.0151. The van der Waals surface area contributed by atoms with Crippen molar-refractivity contribution in [2.45, 2.75) is 12.8 Å². The summed E-state index contributed by atoms with van der Waals surface area (Å²) in [6, 6.07) is 7.34. The number of nitrogens with one attached hydrogen (secondary N) is 2. The molecule has 0 aliphatic heterocycles. The third kappa shape index (κ3) is 5.59. The highest BCUT2D eigenvalue weighted by Crippen LogP contribution is 2.27. The fourth-order valence-corrected chi connectivity index (χ4v) is 1.79. The smallest absolute Gasteiger partial charge is 0.238 e. The highest BCUT2D eigenvalue weighted by atomic mass is 16.5. The summed E-state index contributed by atoms with van der Waals surface area (Å²) in [6.45, 7) is 2.39. The molecular weight excluding hydrogens is 256 g/mol. The summed E-state index contributed by atoms with van der Waals surface area (Å²) in [5, 5.41) is 6.01. The molecule has 0 bridgehead atoms. The van der Waals surface area contributed by atoms with Gasteiger partial charge in [0, 0.05) is 12.8 Å². The molecule has 1 aliphatic carbocycles. The minimum Gasteiger partial charge on any atom is -0.491 e. The Morgan fingerprint density at radius 2 is 2.00 bits per heavy atom. The van der Waals surface area contributed by atoms with E-state index in [0.717, 1.165) is 23.9 Å². The number of amides is 1. The van der Waals surface area contributed by atoms with Crippen LogP contribution in [-0.2, 0) is 9.53 Å². The van der Waals surface area contributed by atoms with Gasteiger partial charge in [-0.2, -0.15) is 0 Å². The molecule has 2 rings (SSSR count). The third-order valence-electron chi connectivity index (χ3n) is 3.11. The maximum atomic E-state index is 11.7. The Morgan fingerprint density at radius 3 is 2.65 bits per heavy atom. The predicted octanol–water partition coefficient (Wildman–Crippen LogP) is 1.65.